The average Bonchev–Trinajstić information content (AvgIpc) is 2.96. The van der Waals surface area contributed by atoms with E-state index >= 15 is 0 Å². The van der Waals surface area contributed by atoms with Crippen molar-refractivity contribution in [2.24, 2.45) is 0 Å². The van der Waals surface area contributed by atoms with Crippen LogP contribution in [0.2, 0.25) is 0 Å². The highest BCUT2D eigenvalue weighted by Gasteiger charge is 2.15. The molecule has 0 aliphatic carbocycles. The lowest BCUT2D eigenvalue weighted by atomic mass is 10.1. The largest absolute Gasteiger partial charge is 0.466 e. The number of benzene rings is 1. The Hall–Kier alpha value is -1.84. The quantitative estimate of drug-likeness (QED) is 0.564. The van der Waals surface area contributed by atoms with Gasteiger partial charge in [0.1, 0.15) is 5.25 Å². The molecule has 0 fully saturated rings. The van der Waals surface area contributed by atoms with E-state index in [1.54, 1.807) is 6.92 Å². The maximum Gasteiger partial charge on any atom is 0.311 e. The first-order valence-corrected chi connectivity index (χ1v) is 9.08. The summed E-state index contributed by atoms with van der Waals surface area (Å²) in [5.41, 5.74) is 3.04. The van der Waals surface area contributed by atoms with Gasteiger partial charge in [0, 0.05) is 5.38 Å². The third-order valence-electron chi connectivity index (χ3n) is 3.09. The Kier molecular flexibility index (Phi) is 6.63. The van der Waals surface area contributed by atoms with Crippen LogP contribution in [0.1, 0.15) is 23.7 Å². The monoisotopic (exact) mass is 346 g/mol. The highest BCUT2D eigenvalue weighted by molar-refractivity contribution is 8.01. The summed E-state index contributed by atoms with van der Waals surface area (Å²) in [7, 11) is 0. The Labute approximate surface area is 144 Å². The van der Waals surface area contributed by atoms with Crippen molar-refractivity contribution in [3.63, 3.8) is 0 Å². The van der Waals surface area contributed by atoms with E-state index in [9.17, 15) is 10.1 Å². The number of nitrogens with zero attached hydrogens (tertiary/aromatic N) is 2. The number of carbonyl (C=O) groups is 1. The minimum Gasteiger partial charge on any atom is -0.466 e. The van der Waals surface area contributed by atoms with Gasteiger partial charge < -0.3 is 4.74 Å². The van der Waals surface area contributed by atoms with Gasteiger partial charge >= 0.3 is 5.97 Å². The standard InChI is InChI=1S/C17H18N2O2S2/c1-3-21-16(20)9-14-11-22-17(19-14)23-15(10-18)8-13-6-4-12(2)5-7-13/h4-7,11,15H,3,8-9H2,1-2H3/t15-/m0/s1. The number of aromatic nitrogens is 1. The van der Waals surface area contributed by atoms with Gasteiger partial charge in [-0.25, -0.2) is 4.98 Å². The first-order chi connectivity index (χ1) is 11.1. The normalized spacial score (nSPS) is 11.7. The summed E-state index contributed by atoms with van der Waals surface area (Å²) in [6, 6.07) is 10.5. The van der Waals surface area contributed by atoms with Crippen LogP contribution in [0.4, 0.5) is 0 Å². The molecule has 2 rings (SSSR count). The summed E-state index contributed by atoms with van der Waals surface area (Å²) < 4.78 is 5.72. The smallest absolute Gasteiger partial charge is 0.311 e. The number of hydrogen-bond donors (Lipinski definition) is 0. The van der Waals surface area contributed by atoms with E-state index in [-0.39, 0.29) is 17.6 Å². The maximum atomic E-state index is 11.5. The van der Waals surface area contributed by atoms with Crippen molar-refractivity contribution in [3.8, 4) is 6.07 Å². The molecule has 0 saturated heterocycles. The number of esters is 1. The summed E-state index contributed by atoms with van der Waals surface area (Å²) in [4.78, 5) is 15.9. The first-order valence-electron chi connectivity index (χ1n) is 7.32. The molecule has 0 aliphatic rings. The summed E-state index contributed by atoms with van der Waals surface area (Å²) in [6.45, 7) is 4.20. The van der Waals surface area contributed by atoms with E-state index < -0.39 is 0 Å². The van der Waals surface area contributed by atoms with Crippen molar-refractivity contribution in [2.45, 2.75) is 36.3 Å². The molecule has 0 bridgehead atoms. The summed E-state index contributed by atoms with van der Waals surface area (Å²) in [6.07, 6.45) is 0.855. The molecule has 1 aromatic carbocycles. The molecule has 6 heteroatoms. The Balaban J connectivity index is 1.94. The zero-order valence-electron chi connectivity index (χ0n) is 13.1. The number of aryl methyl sites for hydroxylation is 1. The number of thioether (sulfide) groups is 1. The van der Waals surface area contributed by atoms with Crippen LogP contribution in [0.25, 0.3) is 0 Å². The fourth-order valence-electron chi connectivity index (χ4n) is 1.96. The molecule has 0 unspecified atom stereocenters. The molecule has 1 atom stereocenters. The summed E-state index contributed by atoms with van der Waals surface area (Å²) in [5.74, 6) is -0.272. The first kappa shape index (κ1) is 17.5. The van der Waals surface area contributed by atoms with Crippen LogP contribution in [0.15, 0.2) is 34.0 Å². The van der Waals surface area contributed by atoms with Crippen molar-refractivity contribution < 1.29 is 9.53 Å². The molecular weight excluding hydrogens is 328 g/mol. The van der Waals surface area contributed by atoms with Crippen LogP contribution < -0.4 is 0 Å². The molecule has 0 amide bonds. The Morgan fingerprint density at radius 3 is 2.83 bits per heavy atom. The number of carbonyl (C=O) groups excluding carboxylic acids is 1. The van der Waals surface area contributed by atoms with E-state index in [1.807, 2.05) is 24.4 Å². The van der Waals surface area contributed by atoms with E-state index in [2.05, 4.69) is 23.2 Å². The highest BCUT2D eigenvalue weighted by atomic mass is 32.2. The fraction of sp³-hybridized carbons (Fsp3) is 0.353. The molecule has 120 valence electrons. The van der Waals surface area contributed by atoms with Crippen molar-refractivity contribution in [1.82, 2.24) is 4.98 Å². The van der Waals surface area contributed by atoms with E-state index in [0.29, 0.717) is 18.7 Å². The van der Waals surface area contributed by atoms with Gasteiger partial charge in [-0.1, -0.05) is 41.6 Å². The van der Waals surface area contributed by atoms with E-state index in [4.69, 9.17) is 4.74 Å². The molecule has 23 heavy (non-hydrogen) atoms. The van der Waals surface area contributed by atoms with Crippen LogP contribution in [0, 0.1) is 18.3 Å². The molecule has 0 N–H and O–H groups in total. The van der Waals surface area contributed by atoms with Gasteiger partial charge in [0.15, 0.2) is 4.34 Å². The molecule has 0 aliphatic heterocycles. The topological polar surface area (TPSA) is 63.0 Å². The van der Waals surface area contributed by atoms with Gasteiger partial charge in [0.05, 0.1) is 24.8 Å². The Morgan fingerprint density at radius 1 is 1.43 bits per heavy atom. The van der Waals surface area contributed by atoms with Gasteiger partial charge in [-0.2, -0.15) is 5.26 Å². The van der Waals surface area contributed by atoms with Gasteiger partial charge in [-0.05, 0) is 25.8 Å². The Morgan fingerprint density at radius 2 is 2.17 bits per heavy atom. The summed E-state index contributed by atoms with van der Waals surface area (Å²) >= 11 is 2.90. The third kappa shape index (κ3) is 5.70. The van der Waals surface area contributed by atoms with Gasteiger partial charge in [-0.3, -0.25) is 4.79 Å². The van der Waals surface area contributed by atoms with Gasteiger partial charge in [-0.15, -0.1) is 11.3 Å². The zero-order valence-corrected chi connectivity index (χ0v) is 14.7. The lowest BCUT2D eigenvalue weighted by molar-refractivity contribution is -0.142. The second-order valence-electron chi connectivity index (χ2n) is 5.01. The number of thiazole rings is 1. The molecule has 1 aromatic heterocycles. The predicted molar refractivity (Wildman–Crippen MR) is 92.6 cm³/mol. The lowest BCUT2D eigenvalue weighted by Gasteiger charge is -2.07. The van der Waals surface area contributed by atoms with Crippen molar-refractivity contribution in [1.29, 1.82) is 5.26 Å². The number of rotatable bonds is 7. The van der Waals surface area contributed by atoms with Crippen molar-refractivity contribution >= 4 is 29.1 Å². The molecule has 2 aromatic rings. The maximum absolute atomic E-state index is 11.5. The Bertz CT molecular complexity index is 689. The molecule has 0 spiro atoms. The number of nitriles is 1. The fourth-order valence-corrected chi connectivity index (χ4v) is 3.96. The third-order valence-corrected chi connectivity index (χ3v) is 5.20. The minimum absolute atomic E-state index is 0.181. The van der Waals surface area contributed by atoms with Crippen LogP contribution in [0.5, 0.6) is 0 Å². The van der Waals surface area contributed by atoms with Crippen LogP contribution in [-0.4, -0.2) is 22.8 Å². The van der Waals surface area contributed by atoms with Gasteiger partial charge in [0.25, 0.3) is 0 Å². The van der Waals surface area contributed by atoms with E-state index in [0.717, 1.165) is 9.90 Å². The van der Waals surface area contributed by atoms with Crippen LogP contribution in [-0.2, 0) is 22.4 Å². The second-order valence-corrected chi connectivity index (χ2v) is 7.32. The SMILES string of the molecule is CCOC(=O)Cc1csc(S[C@H](C#N)Cc2ccc(C)cc2)n1. The predicted octanol–water partition coefficient (Wildman–Crippen LogP) is 3.78. The highest BCUT2D eigenvalue weighted by Crippen LogP contribution is 2.28. The van der Waals surface area contributed by atoms with Crippen LogP contribution in [0.3, 0.4) is 0 Å². The lowest BCUT2D eigenvalue weighted by Crippen LogP contribution is -2.07. The van der Waals surface area contributed by atoms with E-state index in [1.165, 1.54) is 28.7 Å². The molecule has 1 heterocycles. The second kappa shape index (κ2) is 8.70. The molecular formula is C17H18N2O2S2. The number of ether oxygens (including phenoxy) is 1. The van der Waals surface area contributed by atoms with Crippen molar-refractivity contribution in [2.75, 3.05) is 6.61 Å². The van der Waals surface area contributed by atoms with Gasteiger partial charge in [0.2, 0.25) is 0 Å². The zero-order chi connectivity index (χ0) is 16.7. The molecule has 0 radical (unpaired) electrons. The molecule has 4 nitrogen and oxygen atoms in total. The minimum atomic E-state index is -0.272. The number of hydrogen-bond acceptors (Lipinski definition) is 6. The van der Waals surface area contributed by atoms with Crippen molar-refractivity contribution in [3.05, 3.63) is 46.5 Å². The molecule has 0 saturated carbocycles. The average molecular weight is 346 g/mol. The summed E-state index contributed by atoms with van der Waals surface area (Å²) in [5, 5.41) is 11.0. The van der Waals surface area contributed by atoms with Crippen LogP contribution >= 0.6 is 23.1 Å².